The highest BCUT2D eigenvalue weighted by Crippen LogP contribution is 2.44. The second-order valence-corrected chi connectivity index (χ2v) is 8.74. The van der Waals surface area contributed by atoms with Gasteiger partial charge in [0.15, 0.2) is 6.10 Å². The number of hydrogen-bond acceptors (Lipinski definition) is 5. The van der Waals surface area contributed by atoms with Gasteiger partial charge in [0.1, 0.15) is 6.61 Å². The van der Waals surface area contributed by atoms with E-state index in [0.29, 0.717) is 4.47 Å². The normalized spacial score (nSPS) is 12.9. The molecule has 8 nitrogen and oxygen atoms in total. The first-order chi connectivity index (χ1) is 16.9. The summed E-state index contributed by atoms with van der Waals surface area (Å²) >= 11 is 3.24. The van der Waals surface area contributed by atoms with E-state index >= 15 is 0 Å². The molecule has 1 aliphatic carbocycles. The minimum absolute atomic E-state index is 0.0768. The number of carboxylic acid groups (broad SMARTS) is 1. The van der Waals surface area contributed by atoms with Crippen molar-refractivity contribution in [1.29, 1.82) is 0 Å². The van der Waals surface area contributed by atoms with E-state index in [1.54, 1.807) is 12.1 Å². The summed E-state index contributed by atoms with van der Waals surface area (Å²) in [6.45, 7) is -0.0193. The van der Waals surface area contributed by atoms with Gasteiger partial charge in [0.25, 0.3) is 5.91 Å². The zero-order chi connectivity index (χ0) is 24.9. The topological polar surface area (TPSA) is 114 Å². The van der Waals surface area contributed by atoms with Gasteiger partial charge in [-0.1, -0.05) is 54.6 Å². The summed E-state index contributed by atoms with van der Waals surface area (Å²) in [6.07, 6.45) is -1.75. The number of anilines is 1. The van der Waals surface area contributed by atoms with Crippen molar-refractivity contribution in [3.05, 3.63) is 87.9 Å². The number of methoxy groups -OCH3 is 1. The third-order valence-electron chi connectivity index (χ3n) is 5.84. The lowest BCUT2D eigenvalue weighted by Gasteiger charge is -2.18. The summed E-state index contributed by atoms with van der Waals surface area (Å²) in [4.78, 5) is 36.6. The van der Waals surface area contributed by atoms with Crippen LogP contribution in [0.15, 0.2) is 71.2 Å². The molecule has 0 aromatic heterocycles. The second-order valence-electron chi connectivity index (χ2n) is 7.89. The number of carboxylic acids is 1. The van der Waals surface area contributed by atoms with Crippen LogP contribution >= 0.6 is 15.9 Å². The Morgan fingerprint density at radius 2 is 1.60 bits per heavy atom. The molecule has 1 atom stereocenters. The second kappa shape index (κ2) is 10.7. The zero-order valence-electron chi connectivity index (χ0n) is 18.8. The molecule has 0 saturated heterocycles. The van der Waals surface area contributed by atoms with E-state index in [4.69, 9.17) is 9.47 Å². The SMILES string of the molecule is COC(CNC(=O)OCC1c2ccccc2-c2ccccc21)C(=O)Nc1c(Br)cccc1C(=O)O. The number of amides is 2. The molecule has 1 aliphatic rings. The molecular weight excluding hydrogens is 516 g/mol. The van der Waals surface area contributed by atoms with Crippen molar-refractivity contribution >= 4 is 39.6 Å². The number of aromatic carboxylic acids is 1. The summed E-state index contributed by atoms with van der Waals surface area (Å²) < 4.78 is 11.1. The van der Waals surface area contributed by atoms with Crippen LogP contribution in [0.1, 0.15) is 27.4 Å². The first-order valence-corrected chi connectivity index (χ1v) is 11.6. The average Bonchev–Trinajstić information content (AvgIpc) is 3.18. The molecule has 35 heavy (non-hydrogen) atoms. The van der Waals surface area contributed by atoms with Crippen LogP contribution in [0.5, 0.6) is 0 Å². The monoisotopic (exact) mass is 538 g/mol. The first kappa shape index (κ1) is 24.4. The predicted octanol–water partition coefficient (Wildman–Crippen LogP) is 4.64. The lowest BCUT2D eigenvalue weighted by molar-refractivity contribution is -0.125. The largest absolute Gasteiger partial charge is 0.478 e. The fraction of sp³-hybridized carbons (Fsp3) is 0.192. The number of benzene rings is 3. The minimum Gasteiger partial charge on any atom is -0.478 e. The molecule has 3 aromatic carbocycles. The predicted molar refractivity (Wildman–Crippen MR) is 134 cm³/mol. The van der Waals surface area contributed by atoms with Crippen LogP contribution in [0, 0.1) is 0 Å². The molecule has 2 amide bonds. The number of hydrogen-bond donors (Lipinski definition) is 3. The van der Waals surface area contributed by atoms with Crippen LogP contribution in [0.25, 0.3) is 11.1 Å². The molecule has 9 heteroatoms. The van der Waals surface area contributed by atoms with Crippen molar-refractivity contribution < 1.29 is 29.0 Å². The van der Waals surface area contributed by atoms with Gasteiger partial charge in [-0.15, -0.1) is 0 Å². The van der Waals surface area contributed by atoms with Crippen molar-refractivity contribution in [2.45, 2.75) is 12.0 Å². The van der Waals surface area contributed by atoms with Crippen molar-refractivity contribution in [2.24, 2.45) is 0 Å². The molecule has 1 unspecified atom stereocenters. The fourth-order valence-corrected chi connectivity index (χ4v) is 4.61. The fourth-order valence-electron chi connectivity index (χ4n) is 4.14. The number of alkyl carbamates (subject to hydrolysis) is 1. The molecule has 3 aromatic rings. The smallest absolute Gasteiger partial charge is 0.407 e. The van der Waals surface area contributed by atoms with Crippen molar-refractivity contribution in [3.63, 3.8) is 0 Å². The van der Waals surface area contributed by atoms with Crippen LogP contribution in [0.4, 0.5) is 10.5 Å². The lowest BCUT2D eigenvalue weighted by atomic mass is 9.98. The number of para-hydroxylation sites is 1. The van der Waals surface area contributed by atoms with Crippen molar-refractivity contribution in [2.75, 3.05) is 25.6 Å². The maximum atomic E-state index is 12.7. The van der Waals surface area contributed by atoms with E-state index in [1.165, 1.54) is 13.2 Å². The van der Waals surface area contributed by atoms with Gasteiger partial charge in [0, 0.05) is 17.5 Å². The molecule has 3 N–H and O–H groups in total. The van der Waals surface area contributed by atoms with E-state index in [9.17, 15) is 19.5 Å². The van der Waals surface area contributed by atoms with Gasteiger partial charge >= 0.3 is 12.1 Å². The summed E-state index contributed by atoms with van der Waals surface area (Å²) in [5, 5.41) is 14.5. The highest BCUT2D eigenvalue weighted by Gasteiger charge is 2.29. The van der Waals surface area contributed by atoms with E-state index in [1.807, 2.05) is 36.4 Å². The Hall–Kier alpha value is -3.69. The summed E-state index contributed by atoms with van der Waals surface area (Å²) in [5.74, 6) is -1.88. The first-order valence-electron chi connectivity index (χ1n) is 10.8. The molecule has 0 saturated carbocycles. The van der Waals surface area contributed by atoms with Gasteiger partial charge in [0.05, 0.1) is 17.8 Å². The Kier molecular flexibility index (Phi) is 7.48. The van der Waals surface area contributed by atoms with E-state index < -0.39 is 24.1 Å². The van der Waals surface area contributed by atoms with Crippen LogP contribution in [-0.4, -0.2) is 49.4 Å². The van der Waals surface area contributed by atoms with Crippen molar-refractivity contribution in [1.82, 2.24) is 5.32 Å². The average molecular weight is 539 g/mol. The Morgan fingerprint density at radius 3 is 2.20 bits per heavy atom. The van der Waals surface area contributed by atoms with Gasteiger partial charge in [-0.3, -0.25) is 4.79 Å². The molecular formula is C26H23BrN2O6. The van der Waals surface area contributed by atoms with Gasteiger partial charge in [0.2, 0.25) is 0 Å². The number of fused-ring (bicyclic) bond motifs is 3. The highest BCUT2D eigenvalue weighted by molar-refractivity contribution is 9.10. The molecule has 0 radical (unpaired) electrons. The number of rotatable bonds is 8. The number of halogens is 1. The zero-order valence-corrected chi connectivity index (χ0v) is 20.4. The Labute approximate surface area is 210 Å². The molecule has 4 rings (SSSR count). The van der Waals surface area contributed by atoms with Gasteiger partial charge in [-0.05, 0) is 50.3 Å². The van der Waals surface area contributed by atoms with Gasteiger partial charge in [-0.25, -0.2) is 9.59 Å². The molecule has 0 fully saturated rings. The van der Waals surface area contributed by atoms with Crippen LogP contribution < -0.4 is 10.6 Å². The van der Waals surface area contributed by atoms with E-state index in [-0.39, 0.29) is 30.3 Å². The Bertz CT molecular complexity index is 1230. The number of carbonyl (C=O) groups excluding carboxylic acids is 2. The molecule has 180 valence electrons. The molecule has 0 aliphatic heterocycles. The summed E-state index contributed by atoms with van der Waals surface area (Å²) in [7, 11) is 1.32. The molecule has 0 bridgehead atoms. The van der Waals surface area contributed by atoms with Crippen LogP contribution in [-0.2, 0) is 14.3 Å². The summed E-state index contributed by atoms with van der Waals surface area (Å²) in [5.41, 5.74) is 4.47. The van der Waals surface area contributed by atoms with Gasteiger partial charge < -0.3 is 25.2 Å². The highest BCUT2D eigenvalue weighted by atomic mass is 79.9. The Balaban J connectivity index is 1.36. The van der Waals surface area contributed by atoms with E-state index in [2.05, 4.69) is 38.7 Å². The number of ether oxygens (including phenoxy) is 2. The third-order valence-corrected chi connectivity index (χ3v) is 6.51. The Morgan fingerprint density at radius 1 is 0.971 bits per heavy atom. The molecule has 0 heterocycles. The molecule has 0 spiro atoms. The van der Waals surface area contributed by atoms with Crippen LogP contribution in [0.3, 0.4) is 0 Å². The van der Waals surface area contributed by atoms with Crippen LogP contribution in [0.2, 0.25) is 0 Å². The van der Waals surface area contributed by atoms with Crippen molar-refractivity contribution in [3.8, 4) is 11.1 Å². The minimum atomic E-state index is -1.19. The van der Waals surface area contributed by atoms with E-state index in [0.717, 1.165) is 22.3 Å². The quantitative estimate of drug-likeness (QED) is 0.385. The summed E-state index contributed by atoms with van der Waals surface area (Å²) in [6, 6.07) is 20.6. The maximum absolute atomic E-state index is 12.7. The lowest BCUT2D eigenvalue weighted by Crippen LogP contribution is -2.41. The maximum Gasteiger partial charge on any atom is 0.407 e. The number of nitrogens with one attached hydrogen (secondary N) is 2. The van der Waals surface area contributed by atoms with Gasteiger partial charge in [-0.2, -0.15) is 0 Å². The number of carbonyl (C=O) groups is 3. The third kappa shape index (κ3) is 5.21. The standard InChI is InChI=1S/C26H23BrN2O6/c1-34-22(24(30)29-23-19(25(31)32)11-6-12-21(23)27)13-28-26(33)35-14-20-17-9-4-2-7-15(17)16-8-3-5-10-18(16)20/h2-12,20,22H,13-14H2,1H3,(H,28,33)(H,29,30)(H,31,32).